The van der Waals surface area contributed by atoms with Crippen LogP contribution in [0, 0.1) is 0 Å². The summed E-state index contributed by atoms with van der Waals surface area (Å²) in [4.78, 5) is 19.5. The molecule has 3 aromatic rings. The monoisotopic (exact) mass is 281 g/mol. The fourth-order valence-corrected chi connectivity index (χ4v) is 2.00. The highest BCUT2D eigenvalue weighted by Gasteiger charge is 2.20. The fraction of sp³-hybridized carbons (Fsp3) is 0.0714. The van der Waals surface area contributed by atoms with Gasteiger partial charge in [0.15, 0.2) is 5.69 Å². The Kier molecular flexibility index (Phi) is 3.38. The average molecular weight is 281 g/mol. The van der Waals surface area contributed by atoms with Crippen LogP contribution < -0.4 is 0 Å². The lowest BCUT2D eigenvalue weighted by atomic mass is 10.1. The zero-order valence-corrected chi connectivity index (χ0v) is 10.9. The first-order valence-corrected chi connectivity index (χ1v) is 6.24. The lowest BCUT2D eigenvalue weighted by Crippen LogP contribution is -2.08. The smallest absolute Gasteiger partial charge is 0.358 e. The molecule has 3 rings (SSSR count). The molecule has 0 unspecified atom stereocenters. The van der Waals surface area contributed by atoms with Crippen LogP contribution >= 0.6 is 0 Å². The van der Waals surface area contributed by atoms with Gasteiger partial charge in [-0.3, -0.25) is 0 Å². The van der Waals surface area contributed by atoms with E-state index in [9.17, 15) is 9.90 Å². The molecule has 2 heterocycles. The van der Waals surface area contributed by atoms with E-state index in [2.05, 4.69) is 20.3 Å². The molecule has 0 atom stereocenters. The largest absolute Gasteiger partial charge is 0.476 e. The Morgan fingerprint density at radius 3 is 2.48 bits per heavy atom. The molecule has 1 N–H and O–H groups in total. The van der Waals surface area contributed by atoms with Crippen molar-refractivity contribution in [3.8, 4) is 11.3 Å². The van der Waals surface area contributed by atoms with Crippen LogP contribution in [0.4, 0.5) is 0 Å². The number of rotatable bonds is 4. The maximum atomic E-state index is 11.3. The highest BCUT2D eigenvalue weighted by molar-refractivity contribution is 5.92. The van der Waals surface area contributed by atoms with E-state index in [4.69, 9.17) is 0 Å². The van der Waals surface area contributed by atoms with Gasteiger partial charge in [-0.25, -0.2) is 19.4 Å². The van der Waals surface area contributed by atoms with Gasteiger partial charge in [0.25, 0.3) is 0 Å². The van der Waals surface area contributed by atoms with Gasteiger partial charge in [0, 0.05) is 18.0 Å². The first kappa shape index (κ1) is 12.9. The van der Waals surface area contributed by atoms with E-state index in [1.165, 1.54) is 4.68 Å². The molecule has 0 aliphatic rings. The number of hydrogen-bond acceptors (Lipinski definition) is 5. The van der Waals surface area contributed by atoms with Crippen LogP contribution in [0.25, 0.3) is 11.3 Å². The van der Waals surface area contributed by atoms with Gasteiger partial charge in [0.2, 0.25) is 0 Å². The minimum absolute atomic E-state index is 0.0860. The number of aromatic carboxylic acids is 1. The van der Waals surface area contributed by atoms with Crippen molar-refractivity contribution in [2.24, 2.45) is 0 Å². The number of carboxylic acids is 1. The molecule has 21 heavy (non-hydrogen) atoms. The second-order valence-corrected chi connectivity index (χ2v) is 4.28. The fourth-order valence-electron chi connectivity index (χ4n) is 2.00. The van der Waals surface area contributed by atoms with Gasteiger partial charge in [-0.1, -0.05) is 35.5 Å². The van der Waals surface area contributed by atoms with Gasteiger partial charge in [0.1, 0.15) is 18.1 Å². The van der Waals surface area contributed by atoms with Crippen LogP contribution in [0.1, 0.15) is 16.3 Å². The van der Waals surface area contributed by atoms with Crippen molar-refractivity contribution in [1.29, 1.82) is 0 Å². The Bertz CT molecular complexity index is 756. The minimum atomic E-state index is -1.12. The number of aromatic nitrogens is 5. The molecule has 0 bridgehead atoms. The standard InChI is InChI=1S/C14H11N5O2/c20-14(21)12-13(10-5-2-1-3-6-10)19(18-17-12)9-11-15-7-4-8-16-11/h1-8H,9H2,(H,20,21). The predicted octanol–water partition coefficient (Wildman–Crippen LogP) is 1.48. The van der Waals surface area contributed by atoms with Crippen molar-refractivity contribution < 1.29 is 9.90 Å². The molecule has 0 aliphatic heterocycles. The molecule has 0 radical (unpaired) electrons. The predicted molar refractivity (Wildman–Crippen MR) is 73.6 cm³/mol. The van der Waals surface area contributed by atoms with Gasteiger partial charge in [-0.2, -0.15) is 0 Å². The third-order valence-corrected chi connectivity index (χ3v) is 2.90. The van der Waals surface area contributed by atoms with Crippen LogP contribution in [0.2, 0.25) is 0 Å². The topological polar surface area (TPSA) is 93.8 Å². The van der Waals surface area contributed by atoms with E-state index in [-0.39, 0.29) is 12.2 Å². The Morgan fingerprint density at radius 1 is 1.10 bits per heavy atom. The van der Waals surface area contributed by atoms with Crippen LogP contribution in [-0.2, 0) is 6.54 Å². The molecular formula is C14H11N5O2. The number of carboxylic acid groups (broad SMARTS) is 1. The van der Waals surface area contributed by atoms with E-state index >= 15 is 0 Å². The first-order valence-electron chi connectivity index (χ1n) is 6.24. The van der Waals surface area contributed by atoms with Gasteiger partial charge < -0.3 is 5.11 Å². The molecule has 0 aliphatic carbocycles. The second-order valence-electron chi connectivity index (χ2n) is 4.28. The molecule has 1 aromatic carbocycles. The van der Waals surface area contributed by atoms with Crippen LogP contribution in [-0.4, -0.2) is 36.0 Å². The molecule has 0 amide bonds. The van der Waals surface area contributed by atoms with Gasteiger partial charge in [-0.05, 0) is 6.07 Å². The molecular weight excluding hydrogens is 270 g/mol. The summed E-state index contributed by atoms with van der Waals surface area (Å²) in [7, 11) is 0. The number of hydrogen-bond donors (Lipinski definition) is 1. The Morgan fingerprint density at radius 2 is 1.81 bits per heavy atom. The van der Waals surface area contributed by atoms with Crippen molar-refractivity contribution in [3.05, 3.63) is 60.3 Å². The molecule has 2 aromatic heterocycles. The Hall–Kier alpha value is -3.09. The molecule has 0 fully saturated rings. The number of nitrogens with zero attached hydrogens (tertiary/aromatic N) is 5. The summed E-state index contributed by atoms with van der Waals surface area (Å²) < 4.78 is 1.49. The highest BCUT2D eigenvalue weighted by atomic mass is 16.4. The third-order valence-electron chi connectivity index (χ3n) is 2.90. The molecule has 7 nitrogen and oxygen atoms in total. The van der Waals surface area contributed by atoms with E-state index < -0.39 is 5.97 Å². The summed E-state index contributed by atoms with van der Waals surface area (Å²) in [6, 6.07) is 10.9. The molecule has 0 saturated heterocycles. The number of carbonyl (C=O) groups is 1. The third kappa shape index (κ3) is 2.62. The quantitative estimate of drug-likeness (QED) is 0.778. The summed E-state index contributed by atoms with van der Waals surface area (Å²) in [5, 5.41) is 16.9. The lowest BCUT2D eigenvalue weighted by Gasteiger charge is -2.06. The van der Waals surface area contributed by atoms with Crippen LogP contribution in [0.3, 0.4) is 0 Å². The van der Waals surface area contributed by atoms with Gasteiger partial charge in [-0.15, -0.1) is 5.10 Å². The van der Waals surface area contributed by atoms with Gasteiger partial charge in [0.05, 0.1) is 0 Å². The van der Waals surface area contributed by atoms with Crippen molar-refractivity contribution in [1.82, 2.24) is 25.0 Å². The molecule has 0 spiro atoms. The van der Waals surface area contributed by atoms with Crippen molar-refractivity contribution in [2.75, 3.05) is 0 Å². The summed E-state index contributed by atoms with van der Waals surface area (Å²) in [5.74, 6) is -0.578. The van der Waals surface area contributed by atoms with E-state index in [1.807, 2.05) is 30.3 Å². The Balaban J connectivity index is 2.07. The first-order chi connectivity index (χ1) is 10.3. The zero-order valence-electron chi connectivity index (χ0n) is 10.9. The summed E-state index contributed by atoms with van der Waals surface area (Å²) in [6.07, 6.45) is 3.25. The minimum Gasteiger partial charge on any atom is -0.476 e. The van der Waals surface area contributed by atoms with E-state index in [1.54, 1.807) is 18.5 Å². The normalized spacial score (nSPS) is 10.5. The summed E-state index contributed by atoms with van der Waals surface area (Å²) in [6.45, 7) is 0.255. The molecule has 0 saturated carbocycles. The summed E-state index contributed by atoms with van der Waals surface area (Å²) in [5.41, 5.74) is 1.09. The van der Waals surface area contributed by atoms with E-state index in [0.29, 0.717) is 11.5 Å². The van der Waals surface area contributed by atoms with E-state index in [0.717, 1.165) is 5.56 Å². The maximum absolute atomic E-state index is 11.3. The number of benzene rings is 1. The van der Waals surface area contributed by atoms with Crippen LogP contribution in [0.15, 0.2) is 48.8 Å². The second kappa shape index (κ2) is 5.49. The Labute approximate surface area is 119 Å². The van der Waals surface area contributed by atoms with Crippen molar-refractivity contribution in [2.45, 2.75) is 6.54 Å². The van der Waals surface area contributed by atoms with Crippen molar-refractivity contribution >= 4 is 5.97 Å². The highest BCUT2D eigenvalue weighted by Crippen LogP contribution is 2.22. The SMILES string of the molecule is O=C(O)c1nnn(Cc2ncccn2)c1-c1ccccc1. The van der Waals surface area contributed by atoms with Gasteiger partial charge >= 0.3 is 5.97 Å². The maximum Gasteiger partial charge on any atom is 0.358 e. The molecule has 7 heteroatoms. The zero-order chi connectivity index (χ0) is 14.7. The lowest BCUT2D eigenvalue weighted by molar-refractivity contribution is 0.0691. The van der Waals surface area contributed by atoms with Crippen molar-refractivity contribution in [3.63, 3.8) is 0 Å². The van der Waals surface area contributed by atoms with Crippen LogP contribution in [0.5, 0.6) is 0 Å². The summed E-state index contributed by atoms with van der Waals surface area (Å²) >= 11 is 0. The average Bonchev–Trinajstić information content (AvgIpc) is 2.93. The molecule has 104 valence electrons.